The van der Waals surface area contributed by atoms with Crippen LogP contribution in [0.25, 0.3) is 5.76 Å². The number of primary amides is 1. The minimum Gasteiger partial charge on any atom is -0.509 e. The third-order valence-corrected chi connectivity index (χ3v) is 8.34. The molecule has 3 aliphatic rings. The number of nitrogens with two attached hydrogens (primary N) is 1. The number of carbonyl (C=O) groups excluding carboxylic acids is 3. The van der Waals surface area contributed by atoms with Crippen LogP contribution >= 0.6 is 0 Å². The molecule has 0 spiro atoms. The first kappa shape index (κ1) is 24.8. The highest BCUT2D eigenvalue weighted by Crippen LogP contribution is 2.59. The molecule has 1 saturated carbocycles. The second-order valence-corrected chi connectivity index (χ2v) is 10.6. The van der Waals surface area contributed by atoms with Crippen LogP contribution in [0.2, 0.25) is 0 Å². The number of aliphatic hydroxyl groups excluding tert-OH is 2. The van der Waals surface area contributed by atoms with E-state index in [-0.39, 0.29) is 11.3 Å². The molecule has 188 valence electrons. The molecule has 4 N–H and O–H groups in total. The molecule has 4 atom stereocenters. The lowest BCUT2D eigenvalue weighted by Crippen LogP contribution is -2.63. The van der Waals surface area contributed by atoms with Crippen LogP contribution in [0.15, 0.2) is 29.0 Å². The molecule has 4 rings (SSSR count). The monoisotopic (exact) mass is 483 g/mol. The van der Waals surface area contributed by atoms with Crippen LogP contribution in [-0.2, 0) is 20.8 Å². The van der Waals surface area contributed by atoms with Gasteiger partial charge in [0, 0.05) is 36.7 Å². The van der Waals surface area contributed by atoms with E-state index in [1.807, 2.05) is 32.0 Å². The van der Waals surface area contributed by atoms with Crippen molar-refractivity contribution in [3.05, 3.63) is 40.2 Å². The summed E-state index contributed by atoms with van der Waals surface area (Å²) in [6.07, 6.45) is 0.745. The zero-order valence-corrected chi connectivity index (χ0v) is 21.2. The highest BCUT2D eigenvalue weighted by Gasteiger charge is 2.63. The molecule has 3 unspecified atom stereocenters. The topological polar surface area (TPSA) is 133 Å². The van der Waals surface area contributed by atoms with Gasteiger partial charge in [0.25, 0.3) is 5.91 Å². The minimum absolute atomic E-state index is 0.153. The van der Waals surface area contributed by atoms with Crippen molar-refractivity contribution in [2.45, 2.75) is 32.2 Å². The Morgan fingerprint density at radius 3 is 2.26 bits per heavy atom. The summed E-state index contributed by atoms with van der Waals surface area (Å²) in [5.74, 6) is -4.52. The lowest BCUT2D eigenvalue weighted by Gasteiger charge is -2.55. The molecule has 9 heteroatoms. The van der Waals surface area contributed by atoms with Gasteiger partial charge in [0.05, 0.1) is 24.1 Å². The Bertz CT molecular complexity index is 1230. The molecule has 0 heterocycles. The summed E-state index contributed by atoms with van der Waals surface area (Å²) in [7, 11) is 8.75. The maximum atomic E-state index is 14.1. The summed E-state index contributed by atoms with van der Waals surface area (Å²) < 4.78 is 5.52. The molecule has 0 bridgehead atoms. The SMILES string of the molecule is COc1ccc(N(C)C)c2c1C(O)=C1C(=O)C3C(=O)C(C(N)=O)=C(O)C(C)(N(C)C)C3C[C@]1(C)C2. The number of ketones is 2. The van der Waals surface area contributed by atoms with E-state index in [2.05, 4.69) is 0 Å². The van der Waals surface area contributed by atoms with Gasteiger partial charge < -0.3 is 25.6 Å². The summed E-state index contributed by atoms with van der Waals surface area (Å²) in [5, 5.41) is 22.7. The molecule has 1 aromatic carbocycles. The predicted octanol–water partition coefficient (Wildman–Crippen LogP) is 2.00. The molecular formula is C26H33N3O6. The molecular weight excluding hydrogens is 450 g/mol. The van der Waals surface area contributed by atoms with Gasteiger partial charge in [-0.25, -0.2) is 0 Å². The normalized spacial score (nSPS) is 30.2. The number of ether oxygens (including phenoxy) is 1. The molecule has 1 fully saturated rings. The smallest absolute Gasteiger partial charge is 0.255 e. The number of nitrogens with zero attached hydrogens (tertiary/aromatic N) is 2. The molecule has 9 nitrogen and oxygen atoms in total. The number of fused-ring (bicyclic) bond motifs is 3. The standard InChI is InChI=1S/C26H33N3O6/c1-25-10-12-14(28(3)4)8-9-15(35-7)16(12)21(31)19(25)22(32)17-13(11-25)26(2,29(5)6)23(33)18(20(17)30)24(27)34/h8-9,13,17,31,33H,10-11H2,1-7H3,(H2,27,34)/t13?,17?,25-,26?/m0/s1. The molecule has 1 amide bonds. The Hall–Kier alpha value is -3.33. The van der Waals surface area contributed by atoms with Gasteiger partial charge in [-0.2, -0.15) is 0 Å². The summed E-state index contributed by atoms with van der Waals surface area (Å²) in [4.78, 5) is 43.4. The fraction of sp³-hybridized carbons (Fsp3) is 0.500. The van der Waals surface area contributed by atoms with Crippen molar-refractivity contribution >= 4 is 28.9 Å². The summed E-state index contributed by atoms with van der Waals surface area (Å²) in [6.45, 7) is 3.62. The van der Waals surface area contributed by atoms with Gasteiger partial charge in [-0.3, -0.25) is 19.3 Å². The van der Waals surface area contributed by atoms with Gasteiger partial charge in [-0.1, -0.05) is 6.92 Å². The van der Waals surface area contributed by atoms with E-state index in [4.69, 9.17) is 10.5 Å². The first-order chi connectivity index (χ1) is 16.2. The largest absolute Gasteiger partial charge is 0.509 e. The second-order valence-electron chi connectivity index (χ2n) is 10.6. The van der Waals surface area contributed by atoms with E-state index in [9.17, 15) is 24.6 Å². The Balaban J connectivity index is 2.02. The fourth-order valence-corrected chi connectivity index (χ4v) is 6.37. The first-order valence-electron chi connectivity index (χ1n) is 11.5. The Morgan fingerprint density at radius 2 is 1.74 bits per heavy atom. The van der Waals surface area contributed by atoms with E-state index in [0.29, 0.717) is 24.2 Å². The summed E-state index contributed by atoms with van der Waals surface area (Å²) >= 11 is 0. The number of likely N-dealkylation sites (N-methyl/N-ethyl adjacent to an activating group) is 1. The highest BCUT2D eigenvalue weighted by molar-refractivity contribution is 6.28. The van der Waals surface area contributed by atoms with Gasteiger partial charge in [0.2, 0.25) is 0 Å². The van der Waals surface area contributed by atoms with Crippen molar-refractivity contribution in [3.8, 4) is 5.75 Å². The lowest BCUT2D eigenvalue weighted by molar-refractivity contribution is -0.141. The van der Waals surface area contributed by atoms with Crippen molar-refractivity contribution in [3.63, 3.8) is 0 Å². The van der Waals surface area contributed by atoms with Gasteiger partial charge in [0.1, 0.15) is 22.8 Å². The number of hydrogen-bond donors (Lipinski definition) is 3. The Labute approximate surface area is 204 Å². The molecule has 35 heavy (non-hydrogen) atoms. The number of allylic oxidation sites excluding steroid dienone is 1. The van der Waals surface area contributed by atoms with Gasteiger partial charge in [-0.05, 0) is 51.6 Å². The average Bonchev–Trinajstić information content (AvgIpc) is 2.75. The van der Waals surface area contributed by atoms with Crippen LogP contribution in [0.1, 0.15) is 31.4 Å². The van der Waals surface area contributed by atoms with E-state index in [1.165, 1.54) is 7.11 Å². The van der Waals surface area contributed by atoms with Crippen LogP contribution in [-0.4, -0.2) is 73.4 Å². The number of hydrogen-bond acceptors (Lipinski definition) is 8. The average molecular weight is 484 g/mol. The number of benzene rings is 1. The number of Topliss-reactive ketones (excluding diaryl/α,β-unsaturated/α-hetero) is 2. The van der Waals surface area contributed by atoms with Gasteiger partial charge >= 0.3 is 0 Å². The van der Waals surface area contributed by atoms with Crippen molar-refractivity contribution in [1.82, 2.24) is 4.90 Å². The maximum Gasteiger partial charge on any atom is 0.255 e. The number of carbonyl (C=O) groups is 3. The van der Waals surface area contributed by atoms with Crippen LogP contribution in [0.5, 0.6) is 5.75 Å². The molecule has 3 aliphatic carbocycles. The summed E-state index contributed by atoms with van der Waals surface area (Å²) in [5.41, 5.74) is 5.22. The number of rotatable bonds is 4. The van der Waals surface area contributed by atoms with Crippen LogP contribution < -0.4 is 15.4 Å². The lowest BCUT2D eigenvalue weighted by atomic mass is 9.51. The molecule has 0 saturated heterocycles. The van der Waals surface area contributed by atoms with Crippen molar-refractivity contribution < 1.29 is 29.3 Å². The number of aliphatic hydroxyl groups is 2. The third-order valence-electron chi connectivity index (χ3n) is 8.34. The van der Waals surface area contributed by atoms with E-state index in [0.717, 1.165) is 11.3 Å². The van der Waals surface area contributed by atoms with E-state index < -0.39 is 51.6 Å². The van der Waals surface area contributed by atoms with E-state index >= 15 is 0 Å². The highest BCUT2D eigenvalue weighted by atomic mass is 16.5. The molecule has 0 aliphatic heterocycles. The van der Waals surface area contributed by atoms with Crippen LogP contribution in [0.4, 0.5) is 5.69 Å². The fourth-order valence-electron chi connectivity index (χ4n) is 6.37. The van der Waals surface area contributed by atoms with Crippen LogP contribution in [0, 0.1) is 17.3 Å². The minimum atomic E-state index is -1.25. The zero-order chi connectivity index (χ0) is 26.2. The second kappa shape index (κ2) is 7.84. The summed E-state index contributed by atoms with van der Waals surface area (Å²) in [6, 6.07) is 3.65. The first-order valence-corrected chi connectivity index (χ1v) is 11.5. The molecule has 0 aromatic heterocycles. The number of amides is 1. The number of anilines is 1. The van der Waals surface area contributed by atoms with Crippen molar-refractivity contribution in [2.75, 3.05) is 40.2 Å². The quantitative estimate of drug-likeness (QED) is 0.437. The van der Waals surface area contributed by atoms with Crippen molar-refractivity contribution in [2.24, 2.45) is 23.0 Å². The van der Waals surface area contributed by atoms with Gasteiger partial charge in [-0.15, -0.1) is 0 Å². The zero-order valence-electron chi connectivity index (χ0n) is 21.2. The Kier molecular flexibility index (Phi) is 5.55. The maximum absolute atomic E-state index is 14.1. The van der Waals surface area contributed by atoms with Gasteiger partial charge in [0.15, 0.2) is 11.6 Å². The van der Waals surface area contributed by atoms with Crippen LogP contribution in [0.3, 0.4) is 0 Å². The van der Waals surface area contributed by atoms with Crippen molar-refractivity contribution in [1.29, 1.82) is 0 Å². The van der Waals surface area contributed by atoms with E-state index in [1.54, 1.807) is 32.0 Å². The molecule has 1 aromatic rings. The number of methoxy groups -OCH3 is 1. The third kappa shape index (κ3) is 3.14. The predicted molar refractivity (Wildman–Crippen MR) is 131 cm³/mol. The Morgan fingerprint density at radius 1 is 1.11 bits per heavy atom. The molecule has 0 radical (unpaired) electrons.